The number of hydrogen-bond donors (Lipinski definition) is 0. The number of methoxy groups -OCH3 is 1. The van der Waals surface area contributed by atoms with E-state index in [0.29, 0.717) is 13.0 Å². The fraction of sp³-hybridized carbons (Fsp3) is 0.500. The van der Waals surface area contributed by atoms with Gasteiger partial charge in [0.25, 0.3) is 0 Å². The minimum Gasteiger partial charge on any atom is -0.384 e. The molecule has 16 heavy (non-hydrogen) atoms. The van der Waals surface area contributed by atoms with Gasteiger partial charge in [0.2, 0.25) is 0 Å². The van der Waals surface area contributed by atoms with Crippen LogP contribution in [0.25, 0.3) is 0 Å². The summed E-state index contributed by atoms with van der Waals surface area (Å²) in [5.74, 6) is 0.190. The molecule has 86 valence electrons. The highest BCUT2D eigenvalue weighted by atomic mass is 16.5. The van der Waals surface area contributed by atoms with E-state index >= 15 is 0 Å². The third-order valence-corrected chi connectivity index (χ3v) is 3.20. The van der Waals surface area contributed by atoms with Crippen molar-refractivity contribution >= 4 is 5.78 Å². The molecule has 0 fully saturated rings. The molecular weight excluding hydrogens is 200 g/mol. The smallest absolute Gasteiger partial charge is 0.165 e. The van der Waals surface area contributed by atoms with Crippen LogP contribution in [0.3, 0.4) is 0 Å². The fourth-order valence-corrected chi connectivity index (χ4v) is 2.25. The molecule has 1 aliphatic carbocycles. The van der Waals surface area contributed by atoms with Crippen molar-refractivity contribution in [1.82, 2.24) is 0 Å². The van der Waals surface area contributed by atoms with Crippen LogP contribution in [-0.2, 0) is 17.6 Å². The van der Waals surface area contributed by atoms with Crippen molar-refractivity contribution < 1.29 is 9.53 Å². The van der Waals surface area contributed by atoms with Crippen LogP contribution in [0.4, 0.5) is 0 Å². The molecule has 0 aliphatic heterocycles. The molecule has 0 saturated carbocycles. The number of carbonyl (C=O) groups is 1. The second-order valence-electron chi connectivity index (χ2n) is 4.36. The van der Waals surface area contributed by atoms with E-state index < -0.39 is 0 Å². The maximum absolute atomic E-state index is 11.8. The van der Waals surface area contributed by atoms with E-state index in [1.54, 1.807) is 7.11 Å². The molecule has 0 atom stereocenters. The summed E-state index contributed by atoms with van der Waals surface area (Å²) in [7, 11) is 1.63. The number of benzene rings is 1. The number of carbonyl (C=O) groups excluding carboxylic acids is 1. The minimum absolute atomic E-state index is 0.190. The SMILES string of the molecule is COCCC(=O)c1ccc2c(c1)CCCC2. The fourth-order valence-electron chi connectivity index (χ4n) is 2.25. The Morgan fingerprint density at radius 2 is 2.00 bits per heavy atom. The molecule has 0 saturated heterocycles. The van der Waals surface area contributed by atoms with Gasteiger partial charge in [-0.2, -0.15) is 0 Å². The zero-order valence-corrected chi connectivity index (χ0v) is 9.79. The van der Waals surface area contributed by atoms with Crippen LogP contribution < -0.4 is 0 Å². The molecule has 0 radical (unpaired) electrons. The van der Waals surface area contributed by atoms with Gasteiger partial charge >= 0.3 is 0 Å². The summed E-state index contributed by atoms with van der Waals surface area (Å²) in [6, 6.07) is 6.16. The molecule has 0 amide bonds. The second-order valence-corrected chi connectivity index (χ2v) is 4.36. The number of fused-ring (bicyclic) bond motifs is 1. The van der Waals surface area contributed by atoms with Crippen LogP contribution in [0.15, 0.2) is 18.2 Å². The summed E-state index contributed by atoms with van der Waals surface area (Å²) in [6.45, 7) is 0.510. The van der Waals surface area contributed by atoms with E-state index in [9.17, 15) is 4.79 Å². The van der Waals surface area contributed by atoms with E-state index in [4.69, 9.17) is 4.74 Å². The van der Waals surface area contributed by atoms with Gasteiger partial charge in [-0.1, -0.05) is 12.1 Å². The van der Waals surface area contributed by atoms with Gasteiger partial charge < -0.3 is 4.74 Å². The molecule has 1 aromatic rings. The molecule has 0 aromatic heterocycles. The number of ether oxygens (including phenoxy) is 1. The average molecular weight is 218 g/mol. The van der Waals surface area contributed by atoms with Crippen molar-refractivity contribution in [3.63, 3.8) is 0 Å². The quantitative estimate of drug-likeness (QED) is 0.726. The zero-order valence-electron chi connectivity index (χ0n) is 9.79. The molecule has 2 rings (SSSR count). The Morgan fingerprint density at radius 3 is 2.75 bits per heavy atom. The predicted molar refractivity (Wildman–Crippen MR) is 63.9 cm³/mol. The Balaban J connectivity index is 2.13. The van der Waals surface area contributed by atoms with Crippen molar-refractivity contribution in [2.75, 3.05) is 13.7 Å². The number of hydrogen-bond acceptors (Lipinski definition) is 2. The van der Waals surface area contributed by atoms with Crippen LogP contribution in [-0.4, -0.2) is 19.5 Å². The van der Waals surface area contributed by atoms with Gasteiger partial charge in [-0.3, -0.25) is 4.79 Å². The Bertz CT molecular complexity index is 382. The van der Waals surface area contributed by atoms with Crippen molar-refractivity contribution in [1.29, 1.82) is 0 Å². The Morgan fingerprint density at radius 1 is 1.25 bits per heavy atom. The molecule has 0 unspecified atom stereocenters. The lowest BCUT2D eigenvalue weighted by molar-refractivity contribution is 0.0932. The molecule has 2 nitrogen and oxygen atoms in total. The van der Waals surface area contributed by atoms with E-state index in [2.05, 4.69) is 12.1 Å². The summed E-state index contributed by atoms with van der Waals surface area (Å²) in [5, 5.41) is 0. The lowest BCUT2D eigenvalue weighted by Crippen LogP contribution is -2.07. The summed E-state index contributed by atoms with van der Waals surface area (Å²) in [5.41, 5.74) is 3.64. The number of rotatable bonds is 4. The molecule has 1 aromatic carbocycles. The second kappa shape index (κ2) is 5.26. The van der Waals surface area contributed by atoms with Crippen molar-refractivity contribution in [3.8, 4) is 0 Å². The Kier molecular flexibility index (Phi) is 3.73. The van der Waals surface area contributed by atoms with E-state index in [1.807, 2.05) is 6.07 Å². The van der Waals surface area contributed by atoms with Gasteiger partial charge in [0, 0.05) is 19.1 Å². The van der Waals surface area contributed by atoms with Crippen molar-refractivity contribution in [2.24, 2.45) is 0 Å². The highest BCUT2D eigenvalue weighted by molar-refractivity contribution is 5.96. The molecule has 2 heteroatoms. The first-order valence-electron chi connectivity index (χ1n) is 5.95. The topological polar surface area (TPSA) is 26.3 Å². The van der Waals surface area contributed by atoms with E-state index in [0.717, 1.165) is 12.0 Å². The van der Waals surface area contributed by atoms with Gasteiger partial charge in [-0.15, -0.1) is 0 Å². The highest BCUT2D eigenvalue weighted by Gasteiger charge is 2.12. The molecule has 0 N–H and O–H groups in total. The number of aryl methyl sites for hydroxylation is 2. The molecule has 0 bridgehead atoms. The molecule has 0 spiro atoms. The van der Waals surface area contributed by atoms with Crippen LogP contribution in [0, 0.1) is 0 Å². The van der Waals surface area contributed by atoms with Gasteiger partial charge in [-0.05, 0) is 42.9 Å². The predicted octanol–water partition coefficient (Wildman–Crippen LogP) is 2.78. The third-order valence-electron chi connectivity index (χ3n) is 3.20. The van der Waals surface area contributed by atoms with Crippen molar-refractivity contribution in [2.45, 2.75) is 32.1 Å². The maximum Gasteiger partial charge on any atom is 0.165 e. The van der Waals surface area contributed by atoms with Crippen LogP contribution in [0.2, 0.25) is 0 Å². The minimum atomic E-state index is 0.190. The van der Waals surface area contributed by atoms with Gasteiger partial charge in [0.15, 0.2) is 5.78 Å². The number of Topliss-reactive ketones (excluding diaryl/α,β-unsaturated/α-hetero) is 1. The van der Waals surface area contributed by atoms with Crippen molar-refractivity contribution in [3.05, 3.63) is 34.9 Å². The first-order valence-corrected chi connectivity index (χ1v) is 5.95. The third kappa shape index (κ3) is 2.50. The van der Waals surface area contributed by atoms with Gasteiger partial charge in [0.05, 0.1) is 6.61 Å². The Labute approximate surface area is 96.6 Å². The first kappa shape index (κ1) is 11.3. The lowest BCUT2D eigenvalue weighted by atomic mass is 9.89. The monoisotopic (exact) mass is 218 g/mol. The summed E-state index contributed by atoms with van der Waals surface area (Å²) in [4.78, 5) is 11.8. The summed E-state index contributed by atoms with van der Waals surface area (Å²) >= 11 is 0. The Hall–Kier alpha value is -1.15. The number of ketones is 1. The van der Waals surface area contributed by atoms with Gasteiger partial charge in [-0.25, -0.2) is 0 Å². The van der Waals surface area contributed by atoms with Crippen LogP contribution >= 0.6 is 0 Å². The molecule has 0 heterocycles. The largest absolute Gasteiger partial charge is 0.384 e. The summed E-state index contributed by atoms with van der Waals surface area (Å²) < 4.78 is 4.93. The lowest BCUT2D eigenvalue weighted by Gasteiger charge is -2.16. The standard InChI is InChI=1S/C14H18O2/c1-16-9-8-14(15)13-7-6-11-4-2-3-5-12(11)10-13/h6-7,10H,2-5,8-9H2,1H3. The average Bonchev–Trinajstić information content (AvgIpc) is 2.35. The van der Waals surface area contributed by atoms with Crippen LogP contribution in [0.1, 0.15) is 40.7 Å². The molecule has 1 aliphatic rings. The zero-order chi connectivity index (χ0) is 11.4. The van der Waals surface area contributed by atoms with Crippen LogP contribution in [0.5, 0.6) is 0 Å². The normalized spacial score (nSPS) is 14.6. The molecular formula is C14H18O2. The first-order chi connectivity index (χ1) is 7.81. The maximum atomic E-state index is 11.8. The van der Waals surface area contributed by atoms with Gasteiger partial charge in [0.1, 0.15) is 0 Å². The van der Waals surface area contributed by atoms with E-state index in [-0.39, 0.29) is 5.78 Å². The summed E-state index contributed by atoms with van der Waals surface area (Å²) in [6.07, 6.45) is 5.31. The van der Waals surface area contributed by atoms with E-state index in [1.165, 1.54) is 30.4 Å². The highest BCUT2D eigenvalue weighted by Crippen LogP contribution is 2.22.